The maximum Gasteiger partial charge on any atom is 0.410 e. The second kappa shape index (κ2) is 20.6. The molecule has 2 aromatic rings. The van der Waals surface area contributed by atoms with Gasteiger partial charge in [0.05, 0.1) is 12.7 Å². The maximum absolute atomic E-state index is 12.1. The molecule has 296 valence electrons. The molecule has 0 spiro atoms. The second-order valence-electron chi connectivity index (χ2n) is 14.6. The number of nitrogen functional groups attached to an aromatic ring is 1. The average Bonchev–Trinajstić information content (AvgIpc) is 3.07. The number of nitrogens with one attached hydrogen (secondary N) is 2. The molecular formula is C37H58N6O10. The van der Waals surface area contributed by atoms with Crippen LogP contribution in [0.1, 0.15) is 99.1 Å². The molecule has 4 rings (SSSR count). The number of nitrogens with zero attached hydrogens (tertiary/aromatic N) is 2. The van der Waals surface area contributed by atoms with Crippen LogP contribution in [-0.4, -0.2) is 95.8 Å². The van der Waals surface area contributed by atoms with Crippen molar-refractivity contribution in [1.29, 1.82) is 0 Å². The van der Waals surface area contributed by atoms with Gasteiger partial charge in [-0.2, -0.15) is 0 Å². The fraction of sp³-hybridized carbons (Fsp3) is 0.568. The van der Waals surface area contributed by atoms with Crippen LogP contribution in [-0.2, 0) is 14.2 Å². The van der Waals surface area contributed by atoms with Crippen LogP contribution < -0.4 is 32.2 Å². The van der Waals surface area contributed by atoms with E-state index >= 15 is 0 Å². The van der Waals surface area contributed by atoms with Gasteiger partial charge in [-0.3, -0.25) is 10.2 Å². The summed E-state index contributed by atoms with van der Waals surface area (Å²) in [7, 11) is 1.36. The molecule has 16 heteroatoms. The highest BCUT2D eigenvalue weighted by atomic mass is 16.6. The Balaban J connectivity index is 0.000000341. The lowest BCUT2D eigenvalue weighted by molar-refractivity contribution is 0.0114. The van der Waals surface area contributed by atoms with Gasteiger partial charge in [0.25, 0.3) is 5.91 Å². The Hall–Kier alpha value is -4.64. The van der Waals surface area contributed by atoms with Gasteiger partial charge < -0.3 is 38.7 Å². The molecule has 0 saturated carbocycles. The summed E-state index contributed by atoms with van der Waals surface area (Å²) in [4.78, 5) is 51.6. The molecule has 2 aromatic carbocycles. The van der Waals surface area contributed by atoms with Crippen molar-refractivity contribution in [3.63, 3.8) is 0 Å². The van der Waals surface area contributed by atoms with Crippen LogP contribution in [0.15, 0.2) is 36.4 Å². The smallest absolute Gasteiger partial charge is 0.410 e. The predicted molar refractivity (Wildman–Crippen MR) is 197 cm³/mol. The molecule has 2 aliphatic heterocycles. The van der Waals surface area contributed by atoms with Crippen molar-refractivity contribution >= 4 is 24.1 Å². The van der Waals surface area contributed by atoms with E-state index in [1.807, 2.05) is 79.7 Å². The Morgan fingerprint density at radius 2 is 1.06 bits per heavy atom. The van der Waals surface area contributed by atoms with E-state index in [0.717, 1.165) is 11.1 Å². The largest absolute Gasteiger partial charge is 0.489 e. The Kier molecular flexibility index (Phi) is 17.3. The summed E-state index contributed by atoms with van der Waals surface area (Å²) in [5.74, 6) is 9.68. The van der Waals surface area contributed by atoms with Gasteiger partial charge in [0.2, 0.25) is 0 Å². The number of nitrogens with two attached hydrogens (primary N) is 2. The molecule has 16 nitrogen and oxygen atoms in total. The van der Waals surface area contributed by atoms with Crippen molar-refractivity contribution < 1.29 is 48.1 Å². The summed E-state index contributed by atoms with van der Waals surface area (Å²) >= 11 is 0. The van der Waals surface area contributed by atoms with Gasteiger partial charge in [-0.05, 0) is 78.6 Å². The van der Waals surface area contributed by atoms with E-state index in [9.17, 15) is 19.2 Å². The van der Waals surface area contributed by atoms with Gasteiger partial charge in [-0.1, -0.05) is 24.3 Å². The predicted octanol–water partition coefficient (Wildman–Crippen LogP) is 4.78. The minimum atomic E-state index is -0.503. The van der Waals surface area contributed by atoms with Crippen molar-refractivity contribution in [2.45, 2.75) is 104 Å². The summed E-state index contributed by atoms with van der Waals surface area (Å²) in [6, 6.07) is 10.9. The number of piperidine rings is 2. The molecule has 0 unspecified atom stereocenters. The number of esters is 1. The number of hydrogen-bond acceptors (Lipinski definition) is 13. The van der Waals surface area contributed by atoms with Crippen LogP contribution in [0.5, 0.6) is 11.5 Å². The number of hydrazine groups is 2. The van der Waals surface area contributed by atoms with E-state index in [2.05, 4.69) is 11.3 Å². The fourth-order valence-electron chi connectivity index (χ4n) is 5.53. The third-order valence-corrected chi connectivity index (χ3v) is 7.99. The number of amides is 3. The first kappa shape index (κ1) is 44.5. The minimum absolute atomic E-state index is 0.0520. The Labute approximate surface area is 312 Å². The number of rotatable bonds is 6. The van der Waals surface area contributed by atoms with Gasteiger partial charge in [0.15, 0.2) is 0 Å². The highest BCUT2D eigenvalue weighted by Crippen LogP contribution is 2.28. The lowest BCUT2D eigenvalue weighted by Gasteiger charge is -2.33. The zero-order valence-corrected chi connectivity index (χ0v) is 32.4. The zero-order valence-electron chi connectivity index (χ0n) is 32.4. The number of carbonyl (C=O) groups is 4. The number of hydrogen-bond donors (Lipinski definition) is 5. The van der Waals surface area contributed by atoms with Gasteiger partial charge in [-0.25, -0.2) is 26.1 Å². The molecule has 0 aromatic heterocycles. The lowest BCUT2D eigenvalue weighted by Crippen LogP contribution is -2.44. The summed E-state index contributed by atoms with van der Waals surface area (Å²) in [5.41, 5.74) is 4.92. The van der Waals surface area contributed by atoms with E-state index in [4.69, 9.17) is 34.7 Å². The van der Waals surface area contributed by atoms with Crippen LogP contribution in [0.25, 0.3) is 0 Å². The molecule has 0 radical (unpaired) electrons. The van der Waals surface area contributed by atoms with Crippen molar-refractivity contribution in [2.24, 2.45) is 11.7 Å². The third-order valence-electron chi connectivity index (χ3n) is 7.99. The fourth-order valence-corrected chi connectivity index (χ4v) is 5.53. The van der Waals surface area contributed by atoms with Crippen molar-refractivity contribution in [2.75, 3.05) is 33.3 Å². The third kappa shape index (κ3) is 14.7. The van der Waals surface area contributed by atoms with E-state index in [1.165, 1.54) is 12.7 Å². The normalized spacial score (nSPS) is 15.1. The highest BCUT2D eigenvalue weighted by molar-refractivity contribution is 5.98. The maximum atomic E-state index is 12.1. The summed E-state index contributed by atoms with van der Waals surface area (Å²) in [5, 5.41) is 7.10. The van der Waals surface area contributed by atoms with Crippen molar-refractivity contribution in [3.8, 4) is 11.5 Å². The van der Waals surface area contributed by atoms with Gasteiger partial charge in [0.1, 0.15) is 40.5 Å². The lowest BCUT2D eigenvalue weighted by atomic mass is 10.1. The van der Waals surface area contributed by atoms with Gasteiger partial charge >= 0.3 is 18.2 Å². The van der Waals surface area contributed by atoms with Crippen LogP contribution in [0.4, 0.5) is 9.59 Å². The minimum Gasteiger partial charge on any atom is -0.489 e. The Morgan fingerprint density at radius 3 is 1.40 bits per heavy atom. The molecule has 0 aliphatic carbocycles. The number of aryl methyl sites for hydroxylation is 2. The molecule has 2 saturated heterocycles. The molecule has 2 fully saturated rings. The van der Waals surface area contributed by atoms with E-state index in [0.29, 0.717) is 74.5 Å². The van der Waals surface area contributed by atoms with E-state index < -0.39 is 17.2 Å². The number of carbonyl (C=O) groups excluding carboxylic acids is 4. The standard InChI is InChI=1S/C19H27NO5.C18H27N3O4.H4N2O/c1-13-7-6-8-15(16(13)17(21)23-5)24-14-9-11-20(12-10-14)18(22)25-19(2,3)4;1-12-6-5-7-14(15(12)16(22)20-19)24-13-8-10-21(11-9-13)17(23)25-18(2,3)4;1-2-3/h6-8,14H,9-12H2,1-5H3;5-7,13H,8-11,19H2,1-4H3,(H,20,22);2-3H,1H2. The van der Waals surface area contributed by atoms with Crippen LogP contribution in [0.3, 0.4) is 0 Å². The molecule has 0 atom stereocenters. The molecule has 2 heterocycles. The van der Waals surface area contributed by atoms with Gasteiger partial charge in [-0.15, -0.1) is 5.59 Å². The molecule has 2 aliphatic rings. The zero-order chi connectivity index (χ0) is 39.9. The summed E-state index contributed by atoms with van der Waals surface area (Å²) in [6.07, 6.45) is 2.02. The number of likely N-dealkylation sites (tertiary alicyclic amines) is 2. The Morgan fingerprint density at radius 1 is 0.698 bits per heavy atom. The average molecular weight is 747 g/mol. The van der Waals surface area contributed by atoms with Crippen LogP contribution in [0, 0.1) is 13.8 Å². The first-order valence-electron chi connectivity index (χ1n) is 17.5. The SMILES string of the molecule is COC(=O)c1c(C)cccc1OC1CCN(C(=O)OC(C)(C)C)CC1.Cc1cccc(OC2CCN(C(=O)OC(C)(C)C)CC2)c1C(=O)NN.NNO. The van der Waals surface area contributed by atoms with Crippen LogP contribution >= 0.6 is 0 Å². The summed E-state index contributed by atoms with van der Waals surface area (Å²) in [6.45, 7) is 17.1. The first-order chi connectivity index (χ1) is 24.8. The van der Waals surface area contributed by atoms with Gasteiger partial charge in [0, 0.05) is 51.9 Å². The van der Waals surface area contributed by atoms with Crippen molar-refractivity contribution in [3.05, 3.63) is 58.7 Å². The first-order valence-corrected chi connectivity index (χ1v) is 17.5. The Bertz CT molecular complexity index is 1400. The molecule has 53 heavy (non-hydrogen) atoms. The number of methoxy groups -OCH3 is 1. The molecule has 3 amide bonds. The second-order valence-corrected chi connectivity index (χ2v) is 14.6. The summed E-state index contributed by atoms with van der Waals surface area (Å²) < 4.78 is 27.7. The topological polar surface area (TPSA) is 217 Å². The monoisotopic (exact) mass is 746 g/mol. The number of benzene rings is 2. The van der Waals surface area contributed by atoms with E-state index in [-0.39, 0.29) is 30.3 Å². The van der Waals surface area contributed by atoms with Crippen molar-refractivity contribution in [1.82, 2.24) is 20.8 Å². The number of ether oxygens (including phenoxy) is 5. The van der Waals surface area contributed by atoms with E-state index in [1.54, 1.807) is 21.9 Å². The molecule has 0 bridgehead atoms. The molecular weight excluding hydrogens is 688 g/mol. The molecule has 7 N–H and O–H groups in total. The van der Waals surface area contributed by atoms with Crippen LogP contribution in [0.2, 0.25) is 0 Å². The quantitative estimate of drug-likeness (QED) is 0.0886. The highest BCUT2D eigenvalue weighted by Gasteiger charge is 2.30.